The Kier molecular flexibility index (Phi) is 15.1. The topological polar surface area (TPSA) is 0 Å². The van der Waals surface area contributed by atoms with Crippen LogP contribution in [0.15, 0.2) is 0 Å². The van der Waals surface area contributed by atoms with Gasteiger partial charge in [0.15, 0.2) is 0 Å². The second-order valence-electron chi connectivity index (χ2n) is 7.06. The monoisotopic (exact) mass is 362 g/mol. The number of halogens is 1. The fourth-order valence-electron chi connectivity index (χ4n) is 2.74. The van der Waals surface area contributed by atoms with Crippen LogP contribution in [-0.4, -0.2) is 6.69 Å². The van der Waals surface area contributed by atoms with Gasteiger partial charge in [0.05, 0.1) is 0 Å². The summed E-state index contributed by atoms with van der Waals surface area (Å²) < 4.78 is 0. The fourth-order valence-corrected chi connectivity index (χ4v) is 4.67. The number of unbranched alkanes of at least 4 members (excludes halogenated alkanes) is 13. The van der Waals surface area contributed by atoms with Crippen molar-refractivity contribution in [2.24, 2.45) is 0 Å². The molecular formula is C18H39BrSi. The summed E-state index contributed by atoms with van der Waals surface area (Å²) in [6, 6.07) is 1.45. The summed E-state index contributed by atoms with van der Waals surface area (Å²) in [5, 5.41) is 0. The molecule has 0 unspecified atom stereocenters. The van der Waals surface area contributed by atoms with E-state index in [0.29, 0.717) is 0 Å². The summed E-state index contributed by atoms with van der Waals surface area (Å²) in [6.45, 7) is 6.17. The van der Waals surface area contributed by atoms with E-state index < -0.39 is 6.69 Å². The second-order valence-corrected chi connectivity index (χ2v) is 17.4. The molecule has 0 nitrogen and oxygen atoms in total. The molecule has 0 aliphatic carbocycles. The zero-order valence-electron chi connectivity index (χ0n) is 14.5. The highest BCUT2D eigenvalue weighted by Crippen LogP contribution is 2.21. The summed E-state index contributed by atoms with van der Waals surface area (Å²) in [5.41, 5.74) is 0. The van der Waals surface area contributed by atoms with Gasteiger partial charge >= 0.3 is 0 Å². The van der Waals surface area contributed by atoms with E-state index in [1.54, 1.807) is 0 Å². The Hall–Kier alpha value is 0.697. The minimum absolute atomic E-state index is 0.947. The molecule has 0 aromatic carbocycles. The van der Waals surface area contributed by atoms with Crippen molar-refractivity contribution in [3.05, 3.63) is 0 Å². The van der Waals surface area contributed by atoms with Crippen molar-refractivity contribution >= 4 is 22.0 Å². The Labute approximate surface area is 138 Å². The Balaban J connectivity index is 2.99. The summed E-state index contributed by atoms with van der Waals surface area (Å²) in [7, 11) is 0. The SMILES string of the molecule is CCCCCCCCCCCCCCCC[Si](C)(C)Br. The Morgan fingerprint density at radius 2 is 0.850 bits per heavy atom. The van der Waals surface area contributed by atoms with Gasteiger partial charge < -0.3 is 0 Å². The van der Waals surface area contributed by atoms with Gasteiger partial charge in [0.25, 0.3) is 0 Å². The molecule has 0 saturated heterocycles. The van der Waals surface area contributed by atoms with Gasteiger partial charge in [-0.3, -0.25) is 0 Å². The maximum absolute atomic E-state index is 3.86. The molecule has 0 rings (SSSR count). The third-order valence-electron chi connectivity index (χ3n) is 4.12. The molecule has 0 aliphatic heterocycles. The summed E-state index contributed by atoms with van der Waals surface area (Å²) >= 11 is 3.86. The molecule has 0 aromatic heterocycles. The molecule has 0 amide bonds. The van der Waals surface area contributed by atoms with Crippen molar-refractivity contribution in [2.45, 2.75) is 116 Å². The molecule has 20 heavy (non-hydrogen) atoms. The first-order chi connectivity index (χ1) is 9.56. The summed E-state index contributed by atoms with van der Waals surface area (Å²) in [4.78, 5) is 0. The molecule has 0 aromatic rings. The lowest BCUT2D eigenvalue weighted by Gasteiger charge is -2.12. The van der Waals surface area contributed by atoms with Gasteiger partial charge in [-0.1, -0.05) is 110 Å². The van der Waals surface area contributed by atoms with Crippen molar-refractivity contribution < 1.29 is 0 Å². The van der Waals surface area contributed by atoms with Crippen LogP contribution >= 0.6 is 15.3 Å². The average Bonchev–Trinajstić information content (AvgIpc) is 2.38. The predicted molar refractivity (Wildman–Crippen MR) is 102 cm³/mol. The fraction of sp³-hybridized carbons (Fsp3) is 1.00. The van der Waals surface area contributed by atoms with Crippen LogP contribution in [0.4, 0.5) is 0 Å². The quantitative estimate of drug-likeness (QED) is 0.157. The first-order valence-corrected chi connectivity index (χ1v) is 14.7. The van der Waals surface area contributed by atoms with Gasteiger partial charge in [-0.15, -0.1) is 15.3 Å². The number of hydrogen-bond acceptors (Lipinski definition) is 0. The minimum atomic E-state index is -0.947. The molecule has 0 heterocycles. The van der Waals surface area contributed by atoms with Crippen LogP contribution in [0, 0.1) is 0 Å². The van der Waals surface area contributed by atoms with Crippen LogP contribution < -0.4 is 0 Å². The molecule has 0 fully saturated rings. The predicted octanol–water partition coefficient (Wildman–Crippen LogP) is 8.07. The zero-order chi connectivity index (χ0) is 15.1. The van der Waals surface area contributed by atoms with Crippen molar-refractivity contribution in [3.8, 4) is 0 Å². The van der Waals surface area contributed by atoms with E-state index in [0.717, 1.165) is 0 Å². The van der Waals surface area contributed by atoms with Crippen LogP contribution in [0.5, 0.6) is 0 Å². The highest BCUT2D eigenvalue weighted by Gasteiger charge is 2.14. The van der Waals surface area contributed by atoms with Gasteiger partial charge in [0.2, 0.25) is 0 Å². The van der Waals surface area contributed by atoms with Crippen molar-refractivity contribution in [3.63, 3.8) is 0 Å². The van der Waals surface area contributed by atoms with Gasteiger partial charge in [-0.25, -0.2) is 0 Å². The third-order valence-corrected chi connectivity index (χ3v) is 6.86. The number of rotatable bonds is 15. The van der Waals surface area contributed by atoms with Crippen molar-refractivity contribution in [1.82, 2.24) is 0 Å². The van der Waals surface area contributed by atoms with E-state index in [-0.39, 0.29) is 0 Å². The van der Waals surface area contributed by atoms with Crippen LogP contribution in [0.25, 0.3) is 0 Å². The lowest BCUT2D eigenvalue weighted by atomic mass is 10.0. The maximum atomic E-state index is 3.86. The molecule has 0 saturated carbocycles. The third kappa shape index (κ3) is 18.7. The molecule has 0 radical (unpaired) electrons. The largest absolute Gasteiger partial charge is 0.127 e. The first kappa shape index (κ1) is 20.7. The van der Waals surface area contributed by atoms with Gasteiger partial charge in [-0.05, 0) is 6.04 Å². The second kappa shape index (κ2) is 14.6. The van der Waals surface area contributed by atoms with E-state index in [1.807, 2.05) is 0 Å². The van der Waals surface area contributed by atoms with Gasteiger partial charge in [0, 0.05) is 0 Å². The van der Waals surface area contributed by atoms with Crippen LogP contribution in [0.2, 0.25) is 19.1 Å². The smallest absolute Gasteiger partial charge is 0.124 e. The van der Waals surface area contributed by atoms with E-state index in [4.69, 9.17) is 0 Å². The van der Waals surface area contributed by atoms with Gasteiger partial charge in [0.1, 0.15) is 6.69 Å². The molecule has 0 aliphatic rings. The molecule has 0 spiro atoms. The molecular weight excluding hydrogens is 324 g/mol. The standard InChI is InChI=1S/C18H39BrSi/c1-4-5-6-7-8-9-10-11-12-13-14-15-16-17-18-20(2,3)19/h4-18H2,1-3H3. The van der Waals surface area contributed by atoms with Crippen LogP contribution in [-0.2, 0) is 0 Å². The average molecular weight is 363 g/mol. The van der Waals surface area contributed by atoms with E-state index in [1.165, 1.54) is 95.9 Å². The van der Waals surface area contributed by atoms with Crippen LogP contribution in [0.3, 0.4) is 0 Å². The highest BCUT2D eigenvalue weighted by atomic mass is 79.9. The maximum Gasteiger partial charge on any atom is 0.124 e. The molecule has 122 valence electrons. The molecule has 2 heteroatoms. The lowest BCUT2D eigenvalue weighted by Crippen LogP contribution is -2.13. The minimum Gasteiger partial charge on any atom is -0.127 e. The molecule has 0 N–H and O–H groups in total. The van der Waals surface area contributed by atoms with Gasteiger partial charge in [-0.2, -0.15) is 0 Å². The lowest BCUT2D eigenvalue weighted by molar-refractivity contribution is 0.538. The Bertz CT molecular complexity index is 186. The van der Waals surface area contributed by atoms with E-state index in [2.05, 4.69) is 35.3 Å². The zero-order valence-corrected chi connectivity index (χ0v) is 17.1. The summed E-state index contributed by atoms with van der Waals surface area (Å²) in [5.74, 6) is 0. The highest BCUT2D eigenvalue weighted by molar-refractivity contribution is 9.26. The Morgan fingerprint density at radius 3 is 1.15 bits per heavy atom. The van der Waals surface area contributed by atoms with Crippen molar-refractivity contribution in [2.75, 3.05) is 0 Å². The number of hydrogen-bond donors (Lipinski definition) is 0. The molecule has 0 bridgehead atoms. The van der Waals surface area contributed by atoms with E-state index >= 15 is 0 Å². The van der Waals surface area contributed by atoms with Crippen LogP contribution in [0.1, 0.15) is 96.8 Å². The normalized spacial score (nSPS) is 12.0. The summed E-state index contributed by atoms with van der Waals surface area (Å²) in [6.07, 6.45) is 20.5. The Morgan fingerprint density at radius 1 is 0.550 bits per heavy atom. The molecule has 0 atom stereocenters. The van der Waals surface area contributed by atoms with E-state index in [9.17, 15) is 0 Å². The first-order valence-electron chi connectivity index (χ1n) is 9.25. The van der Waals surface area contributed by atoms with Crippen molar-refractivity contribution in [1.29, 1.82) is 0 Å².